The van der Waals surface area contributed by atoms with E-state index < -0.39 is 47.8 Å². The SMILES string of the molecule is CC(C)O.CC=O.COc1cccc2c1C(=O)c1c(O)c3c(c(O)c1C2=O)CC(O)CC3OC1CCC[C@H](C)O1.OC1COCCN1. The van der Waals surface area contributed by atoms with E-state index in [0.29, 0.717) is 13.0 Å². The third kappa shape index (κ3) is 9.35. The highest BCUT2D eigenvalue weighted by Gasteiger charge is 2.43. The van der Waals surface area contributed by atoms with Gasteiger partial charge in [-0.15, -0.1) is 0 Å². The smallest absolute Gasteiger partial charge is 0.202 e. The van der Waals surface area contributed by atoms with Crippen LogP contribution in [0, 0.1) is 0 Å². The van der Waals surface area contributed by atoms with Crippen molar-refractivity contribution in [2.75, 3.05) is 26.9 Å². The number of fused-ring (bicyclic) bond motifs is 3. The van der Waals surface area contributed by atoms with Gasteiger partial charge in [-0.2, -0.15) is 0 Å². The highest BCUT2D eigenvalue weighted by atomic mass is 16.7. The lowest BCUT2D eigenvalue weighted by atomic mass is 9.76. The van der Waals surface area contributed by atoms with Crippen molar-refractivity contribution in [1.82, 2.24) is 5.32 Å². The third-order valence-corrected chi connectivity index (χ3v) is 7.66. The van der Waals surface area contributed by atoms with Gasteiger partial charge in [0.15, 0.2) is 12.1 Å². The maximum absolute atomic E-state index is 13.5. The van der Waals surface area contributed by atoms with E-state index in [1.54, 1.807) is 26.0 Å². The largest absolute Gasteiger partial charge is 0.507 e. The van der Waals surface area contributed by atoms with E-state index in [2.05, 4.69) is 5.32 Å². The number of aromatic hydroxyl groups is 2. The number of phenols is 2. The fourth-order valence-corrected chi connectivity index (χ4v) is 5.78. The summed E-state index contributed by atoms with van der Waals surface area (Å²) in [5, 5.41) is 52.4. The van der Waals surface area contributed by atoms with Gasteiger partial charge in [-0.25, -0.2) is 0 Å². The molecule has 0 spiro atoms. The van der Waals surface area contributed by atoms with Crippen molar-refractivity contribution in [3.63, 3.8) is 0 Å². The van der Waals surface area contributed by atoms with E-state index in [4.69, 9.17) is 34.0 Å². The summed E-state index contributed by atoms with van der Waals surface area (Å²) in [6.45, 7) is 8.76. The lowest BCUT2D eigenvalue weighted by Crippen LogP contribution is -2.40. The molecule has 0 bridgehead atoms. The van der Waals surface area contributed by atoms with Crippen LogP contribution >= 0.6 is 0 Å². The Balaban J connectivity index is 0.000000359. The normalized spacial score (nSPS) is 24.5. The molecule has 5 atom stereocenters. The average molecular weight is 662 g/mol. The zero-order valence-electron chi connectivity index (χ0n) is 27.5. The lowest BCUT2D eigenvalue weighted by molar-refractivity contribution is -0.218. The molecule has 6 rings (SSSR count). The second-order valence-corrected chi connectivity index (χ2v) is 11.8. The van der Waals surface area contributed by atoms with Gasteiger partial charge >= 0.3 is 0 Å². The molecule has 260 valence electrons. The van der Waals surface area contributed by atoms with Gasteiger partial charge in [0.25, 0.3) is 0 Å². The second kappa shape index (κ2) is 17.6. The van der Waals surface area contributed by atoms with Gasteiger partial charge in [0.1, 0.15) is 29.8 Å². The number of methoxy groups -OCH3 is 1. The van der Waals surface area contributed by atoms with Gasteiger partial charge in [-0.1, -0.05) is 12.1 Å². The van der Waals surface area contributed by atoms with Crippen LogP contribution in [0.4, 0.5) is 0 Å². The average Bonchev–Trinajstić information content (AvgIpc) is 3.02. The molecular weight excluding hydrogens is 614 g/mol. The number of hydrogen-bond donors (Lipinski definition) is 6. The minimum absolute atomic E-state index is 0.0189. The maximum atomic E-state index is 13.5. The molecule has 2 aromatic rings. The molecule has 2 aromatic carbocycles. The Morgan fingerprint density at radius 3 is 2.26 bits per heavy atom. The molecule has 2 aliphatic heterocycles. The molecule has 2 saturated heterocycles. The van der Waals surface area contributed by atoms with Gasteiger partial charge in [0.2, 0.25) is 5.78 Å². The fourth-order valence-electron chi connectivity index (χ4n) is 5.78. The Labute approximate surface area is 274 Å². The van der Waals surface area contributed by atoms with Gasteiger partial charge in [-0.05, 0) is 53.0 Å². The van der Waals surface area contributed by atoms with Gasteiger partial charge in [0.05, 0.1) is 55.3 Å². The monoisotopic (exact) mass is 661 g/mol. The van der Waals surface area contributed by atoms with Crippen LogP contribution in [0.5, 0.6) is 17.2 Å². The molecule has 6 N–H and O–H groups in total. The van der Waals surface area contributed by atoms with Crippen LogP contribution in [0.1, 0.15) is 102 Å². The molecule has 4 aliphatic rings. The molecule has 0 saturated carbocycles. The number of aliphatic hydroxyl groups is 3. The Bertz CT molecular complexity index is 1390. The number of phenolic OH excluding ortho intramolecular Hbond substituents is 2. The van der Waals surface area contributed by atoms with Crippen LogP contribution < -0.4 is 10.1 Å². The number of carbonyl (C=O) groups is 3. The van der Waals surface area contributed by atoms with Crippen molar-refractivity contribution in [2.45, 2.75) is 96.7 Å². The molecule has 2 fully saturated rings. The molecule has 0 radical (unpaired) electrons. The summed E-state index contributed by atoms with van der Waals surface area (Å²) in [5.41, 5.74) is 0.0490. The molecule has 13 heteroatoms. The van der Waals surface area contributed by atoms with Gasteiger partial charge in [0, 0.05) is 42.2 Å². The third-order valence-electron chi connectivity index (χ3n) is 7.66. The number of rotatable bonds is 3. The molecule has 47 heavy (non-hydrogen) atoms. The number of morpholine rings is 1. The number of hydrogen-bond acceptors (Lipinski definition) is 13. The number of ether oxygens (including phenoxy) is 4. The van der Waals surface area contributed by atoms with Crippen LogP contribution in [0.15, 0.2) is 18.2 Å². The summed E-state index contributed by atoms with van der Waals surface area (Å²) < 4.78 is 22.1. The van der Waals surface area contributed by atoms with Crippen LogP contribution in [0.2, 0.25) is 0 Å². The van der Waals surface area contributed by atoms with Crippen LogP contribution in [-0.4, -0.2) is 101 Å². The summed E-state index contributed by atoms with van der Waals surface area (Å²) in [4.78, 5) is 35.6. The Morgan fingerprint density at radius 2 is 1.70 bits per heavy atom. The van der Waals surface area contributed by atoms with E-state index in [-0.39, 0.29) is 64.2 Å². The Hall–Kier alpha value is -3.43. The highest BCUT2D eigenvalue weighted by Crippen LogP contribution is 2.50. The van der Waals surface area contributed by atoms with Crippen molar-refractivity contribution < 1.29 is 58.9 Å². The van der Waals surface area contributed by atoms with Gasteiger partial charge in [-0.3, -0.25) is 14.9 Å². The number of benzene rings is 2. The summed E-state index contributed by atoms with van der Waals surface area (Å²) in [7, 11) is 1.39. The molecule has 2 aliphatic carbocycles. The molecule has 0 aromatic heterocycles. The van der Waals surface area contributed by atoms with Crippen LogP contribution in [0.3, 0.4) is 0 Å². The number of ketones is 2. The van der Waals surface area contributed by atoms with Gasteiger partial charge < -0.3 is 49.3 Å². The van der Waals surface area contributed by atoms with Crippen molar-refractivity contribution in [3.8, 4) is 17.2 Å². The van der Waals surface area contributed by atoms with Crippen molar-refractivity contribution in [2.24, 2.45) is 0 Å². The van der Waals surface area contributed by atoms with E-state index in [9.17, 15) is 24.9 Å². The number of nitrogens with one attached hydrogen (secondary N) is 1. The zero-order valence-corrected chi connectivity index (χ0v) is 27.5. The van der Waals surface area contributed by atoms with Crippen molar-refractivity contribution in [3.05, 3.63) is 51.6 Å². The quantitative estimate of drug-likeness (QED) is 0.177. The van der Waals surface area contributed by atoms with Crippen LogP contribution in [-0.2, 0) is 25.4 Å². The standard InChI is InChI=1S/C25H26O8.C4H9NO2.C3H8O.C2H4O/c1-11-5-3-8-17(32-11)33-16-10-12(26)9-14-19(16)25(30)21-20(23(14)28)22(27)13-6-4-7-15(31-2)18(13)24(21)29;6-4-3-7-2-1-5-4;1-3(2)4;1-2-3/h4,6-7,11-12,16-17,26,28,30H,3,5,8-10H2,1-2H3;4-6H,1-3H2;3-4H,1-2H3;2H,1H3/t11-,12?,16?,17?;;;/m0.../s1. The number of aliphatic hydroxyl groups excluding tert-OH is 3. The minimum Gasteiger partial charge on any atom is -0.507 e. The Morgan fingerprint density at radius 1 is 1.04 bits per heavy atom. The van der Waals surface area contributed by atoms with Crippen molar-refractivity contribution >= 4 is 17.9 Å². The summed E-state index contributed by atoms with van der Waals surface area (Å²) in [6.07, 6.45) is 0.648. The van der Waals surface area contributed by atoms with E-state index in [0.717, 1.165) is 32.3 Å². The lowest BCUT2D eigenvalue weighted by Gasteiger charge is -2.36. The first-order chi connectivity index (χ1) is 22.4. The van der Waals surface area contributed by atoms with E-state index in [1.165, 1.54) is 20.1 Å². The minimum atomic E-state index is -0.853. The summed E-state index contributed by atoms with van der Waals surface area (Å²) >= 11 is 0. The fraction of sp³-hybridized carbons (Fsp3) is 0.559. The first-order valence-electron chi connectivity index (χ1n) is 15.8. The molecule has 13 nitrogen and oxygen atoms in total. The first kappa shape index (κ1) is 38.0. The second-order valence-electron chi connectivity index (χ2n) is 11.8. The topological polar surface area (TPSA) is 201 Å². The predicted octanol–water partition coefficient (Wildman–Crippen LogP) is 2.68. The predicted molar refractivity (Wildman–Crippen MR) is 170 cm³/mol. The first-order valence-corrected chi connectivity index (χ1v) is 15.8. The number of aldehydes is 1. The number of carbonyl (C=O) groups excluding carboxylic acids is 3. The highest BCUT2D eigenvalue weighted by molar-refractivity contribution is 6.31. The summed E-state index contributed by atoms with van der Waals surface area (Å²) in [6, 6.07) is 4.63. The van der Waals surface area contributed by atoms with Crippen molar-refractivity contribution in [1.29, 1.82) is 0 Å². The molecule has 4 unspecified atom stereocenters. The van der Waals surface area contributed by atoms with Crippen LogP contribution in [0.25, 0.3) is 0 Å². The van der Waals surface area contributed by atoms with E-state index >= 15 is 0 Å². The molecular formula is C34H47NO12. The Kier molecular flexibility index (Phi) is 14.3. The van der Waals surface area contributed by atoms with E-state index in [1.807, 2.05) is 6.92 Å². The zero-order chi connectivity index (χ0) is 34.8. The maximum Gasteiger partial charge on any atom is 0.202 e. The molecule has 2 heterocycles. The summed E-state index contributed by atoms with van der Waals surface area (Å²) in [5.74, 6) is -1.81. The molecule has 0 amide bonds.